The predicted molar refractivity (Wildman–Crippen MR) is 63.6 cm³/mol. The molecule has 0 spiro atoms. The summed E-state index contributed by atoms with van der Waals surface area (Å²) in [5, 5.41) is 8.38. The van der Waals surface area contributed by atoms with Crippen LogP contribution in [0.4, 0.5) is 8.78 Å². The molecule has 0 bridgehead atoms. The van der Waals surface area contributed by atoms with E-state index in [4.69, 9.17) is 5.11 Å². The molecule has 108 valence electrons. The van der Waals surface area contributed by atoms with Crippen LogP contribution in [0.25, 0.3) is 0 Å². The highest BCUT2D eigenvalue weighted by atomic mass is 32.2. The molecule has 2 N–H and O–H groups in total. The molecule has 0 aromatic heterocycles. The molecule has 0 aromatic rings. The first kappa shape index (κ1) is 15.7. The Morgan fingerprint density at radius 1 is 1.33 bits per heavy atom. The first-order valence-corrected chi connectivity index (χ1v) is 7.44. The van der Waals surface area contributed by atoms with E-state index >= 15 is 0 Å². The lowest BCUT2D eigenvalue weighted by Gasteiger charge is -2.30. The zero-order chi connectivity index (χ0) is 13.8. The average Bonchev–Trinajstić information content (AvgIpc) is 2.37. The van der Waals surface area contributed by atoms with E-state index in [1.54, 1.807) is 0 Å². The second-order valence-electron chi connectivity index (χ2n) is 4.65. The molecule has 1 aliphatic carbocycles. The zero-order valence-electron chi connectivity index (χ0n) is 10.4. The number of aliphatic hydroxyl groups excluding tert-OH is 1. The summed E-state index contributed by atoms with van der Waals surface area (Å²) in [7, 11) is -2.51. The van der Waals surface area contributed by atoms with Gasteiger partial charge in [-0.2, -0.15) is 17.4 Å². The Morgan fingerprint density at radius 2 is 1.89 bits per heavy atom. The predicted octanol–water partition coefficient (Wildman–Crippen LogP) is 0.713. The van der Waals surface area contributed by atoms with Crippen LogP contribution in [0.3, 0.4) is 0 Å². The Kier molecular flexibility index (Phi) is 5.45. The van der Waals surface area contributed by atoms with Crippen molar-refractivity contribution in [3.8, 4) is 0 Å². The van der Waals surface area contributed by atoms with E-state index in [9.17, 15) is 17.2 Å². The van der Waals surface area contributed by atoms with Gasteiger partial charge >= 0.3 is 0 Å². The first-order chi connectivity index (χ1) is 8.28. The van der Waals surface area contributed by atoms with E-state index in [2.05, 4.69) is 0 Å². The second kappa shape index (κ2) is 6.23. The van der Waals surface area contributed by atoms with Crippen LogP contribution in [0.5, 0.6) is 0 Å². The molecule has 0 saturated heterocycles. The van der Waals surface area contributed by atoms with Gasteiger partial charge in [0.2, 0.25) is 0 Å². The second-order valence-corrected chi connectivity index (χ2v) is 6.46. The number of aliphatic hydroxyl groups is 1. The minimum Gasteiger partial charge on any atom is -0.390 e. The monoisotopic (exact) mass is 286 g/mol. The molecular formula is C10H20F2N2O3S. The van der Waals surface area contributed by atoms with Gasteiger partial charge in [0, 0.05) is 13.1 Å². The molecule has 0 atom stereocenters. The van der Waals surface area contributed by atoms with Gasteiger partial charge in [-0.1, -0.05) is 19.3 Å². The van der Waals surface area contributed by atoms with Gasteiger partial charge in [-0.05, 0) is 12.8 Å². The fourth-order valence-electron chi connectivity index (χ4n) is 2.00. The molecule has 1 fully saturated rings. The van der Waals surface area contributed by atoms with Crippen molar-refractivity contribution in [2.75, 3.05) is 20.2 Å². The molecule has 1 aliphatic rings. The van der Waals surface area contributed by atoms with Crippen molar-refractivity contribution in [3.05, 3.63) is 0 Å². The molecule has 0 aliphatic heterocycles. The third kappa shape index (κ3) is 4.42. The minimum atomic E-state index is -3.91. The van der Waals surface area contributed by atoms with Crippen LogP contribution >= 0.6 is 0 Å². The highest BCUT2D eigenvalue weighted by molar-refractivity contribution is 7.87. The lowest BCUT2D eigenvalue weighted by Crippen LogP contribution is -2.48. The van der Waals surface area contributed by atoms with Crippen LogP contribution in [0.15, 0.2) is 0 Å². The maximum Gasteiger partial charge on any atom is 0.283 e. The number of nitrogens with zero attached hydrogens (tertiary/aromatic N) is 1. The van der Waals surface area contributed by atoms with Crippen molar-refractivity contribution in [1.29, 1.82) is 0 Å². The van der Waals surface area contributed by atoms with E-state index in [0.29, 0.717) is 0 Å². The number of hydrogen-bond acceptors (Lipinski definition) is 3. The Hall–Kier alpha value is -0.310. The highest BCUT2D eigenvalue weighted by Crippen LogP contribution is 2.23. The topological polar surface area (TPSA) is 69.6 Å². The Labute approximate surface area is 106 Å². The summed E-state index contributed by atoms with van der Waals surface area (Å²) >= 11 is 0. The first-order valence-electron chi connectivity index (χ1n) is 6.00. The summed E-state index contributed by atoms with van der Waals surface area (Å²) in [5.74, 6) is -3.43. The number of alkyl halides is 2. The standard InChI is InChI=1S/C10H20F2N2O3S/c1-14(9-5-3-2-4-6-9)18(16,17)13-7-10(11,12)8-15/h9,13,15H,2-8H2,1H3. The van der Waals surface area contributed by atoms with Gasteiger partial charge in [0.1, 0.15) is 6.61 Å². The number of halogens is 2. The van der Waals surface area contributed by atoms with Crippen molar-refractivity contribution in [2.24, 2.45) is 0 Å². The van der Waals surface area contributed by atoms with Crippen molar-refractivity contribution in [3.63, 3.8) is 0 Å². The van der Waals surface area contributed by atoms with Gasteiger partial charge < -0.3 is 5.11 Å². The molecule has 0 amide bonds. The average molecular weight is 286 g/mol. The molecule has 0 aromatic carbocycles. The molecule has 1 rings (SSSR count). The van der Waals surface area contributed by atoms with Crippen molar-refractivity contribution in [1.82, 2.24) is 9.03 Å². The largest absolute Gasteiger partial charge is 0.390 e. The fraction of sp³-hybridized carbons (Fsp3) is 1.00. The van der Waals surface area contributed by atoms with Crippen LogP contribution in [-0.4, -0.2) is 50.0 Å². The van der Waals surface area contributed by atoms with Crippen LogP contribution in [0.1, 0.15) is 32.1 Å². The third-order valence-electron chi connectivity index (χ3n) is 3.21. The van der Waals surface area contributed by atoms with E-state index in [-0.39, 0.29) is 6.04 Å². The van der Waals surface area contributed by atoms with Crippen LogP contribution in [-0.2, 0) is 10.2 Å². The maximum atomic E-state index is 12.8. The van der Waals surface area contributed by atoms with Crippen LogP contribution in [0.2, 0.25) is 0 Å². The minimum absolute atomic E-state index is 0.126. The van der Waals surface area contributed by atoms with Crippen LogP contribution < -0.4 is 4.72 Å². The lowest BCUT2D eigenvalue weighted by molar-refractivity contribution is -0.0439. The molecule has 0 radical (unpaired) electrons. The zero-order valence-corrected chi connectivity index (χ0v) is 11.2. The normalized spacial score (nSPS) is 19.4. The van der Waals surface area contributed by atoms with Gasteiger partial charge in [-0.25, -0.2) is 8.78 Å². The Bertz CT molecular complexity index is 356. The third-order valence-corrected chi connectivity index (χ3v) is 4.78. The van der Waals surface area contributed by atoms with E-state index in [0.717, 1.165) is 36.4 Å². The van der Waals surface area contributed by atoms with Gasteiger partial charge in [0.25, 0.3) is 16.1 Å². The van der Waals surface area contributed by atoms with E-state index < -0.39 is 29.3 Å². The quantitative estimate of drug-likeness (QED) is 0.755. The Morgan fingerprint density at radius 3 is 2.39 bits per heavy atom. The summed E-state index contributed by atoms with van der Waals surface area (Å²) in [4.78, 5) is 0. The van der Waals surface area contributed by atoms with Gasteiger partial charge in [-0.15, -0.1) is 0 Å². The summed E-state index contributed by atoms with van der Waals surface area (Å²) in [5.41, 5.74) is 0. The molecule has 5 nitrogen and oxygen atoms in total. The van der Waals surface area contributed by atoms with Crippen LogP contribution in [0, 0.1) is 0 Å². The van der Waals surface area contributed by atoms with Crippen molar-refractivity contribution >= 4 is 10.2 Å². The molecule has 18 heavy (non-hydrogen) atoms. The number of hydrogen-bond donors (Lipinski definition) is 2. The molecule has 1 saturated carbocycles. The summed E-state index contributed by atoms with van der Waals surface area (Å²) in [6, 6.07) is -0.126. The summed E-state index contributed by atoms with van der Waals surface area (Å²) in [6.07, 6.45) is 4.51. The molecule has 0 unspecified atom stereocenters. The smallest absolute Gasteiger partial charge is 0.283 e. The summed E-state index contributed by atoms with van der Waals surface area (Å²) < 4.78 is 52.1. The fourth-order valence-corrected chi connectivity index (χ4v) is 3.20. The van der Waals surface area contributed by atoms with Gasteiger partial charge in [0.15, 0.2) is 0 Å². The molecule has 8 heteroatoms. The van der Waals surface area contributed by atoms with Gasteiger partial charge in [0.05, 0.1) is 6.54 Å². The Balaban J connectivity index is 2.56. The molecule has 0 heterocycles. The maximum absolute atomic E-state index is 12.8. The SMILES string of the molecule is CN(C1CCCCC1)S(=O)(=O)NCC(F)(F)CO. The van der Waals surface area contributed by atoms with E-state index in [1.165, 1.54) is 7.05 Å². The van der Waals surface area contributed by atoms with Crippen molar-refractivity contribution in [2.45, 2.75) is 44.1 Å². The lowest BCUT2D eigenvalue weighted by atomic mass is 9.96. The highest BCUT2D eigenvalue weighted by Gasteiger charge is 2.33. The van der Waals surface area contributed by atoms with Crippen molar-refractivity contribution < 1.29 is 22.3 Å². The molecular weight excluding hydrogens is 266 g/mol. The number of nitrogens with one attached hydrogen (secondary N) is 1. The van der Waals surface area contributed by atoms with E-state index in [1.807, 2.05) is 4.72 Å². The number of rotatable bonds is 6. The summed E-state index contributed by atoms with van der Waals surface area (Å²) in [6.45, 7) is -2.45. The van der Waals surface area contributed by atoms with Gasteiger partial charge in [-0.3, -0.25) is 0 Å².